The highest BCUT2D eigenvalue weighted by molar-refractivity contribution is 6.30. The van der Waals surface area contributed by atoms with Crippen LogP contribution in [-0.2, 0) is 20.7 Å². The zero-order chi connectivity index (χ0) is 15.2. The maximum atomic E-state index is 11.3. The molecule has 0 aliphatic heterocycles. The van der Waals surface area contributed by atoms with E-state index in [0.29, 0.717) is 16.7 Å². The van der Waals surface area contributed by atoms with Gasteiger partial charge in [-0.3, -0.25) is 9.59 Å². The van der Waals surface area contributed by atoms with Crippen LogP contribution in [0.2, 0.25) is 5.02 Å². The summed E-state index contributed by atoms with van der Waals surface area (Å²) in [5.41, 5.74) is 5.62. The summed E-state index contributed by atoms with van der Waals surface area (Å²) in [6, 6.07) is 6.96. The molecule has 0 fully saturated rings. The van der Waals surface area contributed by atoms with Gasteiger partial charge in [0.1, 0.15) is 0 Å². The lowest BCUT2D eigenvalue weighted by molar-refractivity contribution is -0.147. The number of carbonyl (C=O) groups excluding carboxylic acids is 2. The lowest BCUT2D eigenvalue weighted by Crippen LogP contribution is -2.21. The van der Waals surface area contributed by atoms with Gasteiger partial charge in [0.05, 0.1) is 6.42 Å². The van der Waals surface area contributed by atoms with Crippen LogP contribution in [-0.4, -0.2) is 28.6 Å². The van der Waals surface area contributed by atoms with Crippen LogP contribution in [0, 0.1) is 0 Å². The Morgan fingerprint density at radius 2 is 2.00 bits per heavy atom. The number of aromatic nitrogens is 2. The molecule has 0 spiro atoms. The van der Waals surface area contributed by atoms with Crippen molar-refractivity contribution in [2.75, 3.05) is 6.61 Å². The highest BCUT2D eigenvalue weighted by Crippen LogP contribution is 2.18. The molecule has 1 aromatic carbocycles. The molecule has 110 valence electrons. The number of carbonyl (C=O) groups is 2. The standard InChI is InChI=1S/C13H12ClN3O4/c14-9-3-1-8(2-4-9)13-16-11(21-17-13)5-6-12(19)20-7-10(15)18/h1-4H,5-7H2,(H2,15,18). The molecule has 0 radical (unpaired) electrons. The van der Waals surface area contributed by atoms with E-state index in [1.165, 1.54) is 0 Å². The quantitative estimate of drug-likeness (QED) is 0.807. The van der Waals surface area contributed by atoms with Crippen molar-refractivity contribution < 1.29 is 18.8 Å². The van der Waals surface area contributed by atoms with Crippen LogP contribution in [0.25, 0.3) is 11.4 Å². The highest BCUT2D eigenvalue weighted by Gasteiger charge is 2.11. The average Bonchev–Trinajstić information content (AvgIpc) is 2.92. The molecule has 0 atom stereocenters. The average molecular weight is 310 g/mol. The Morgan fingerprint density at radius 3 is 2.67 bits per heavy atom. The van der Waals surface area contributed by atoms with Crippen LogP contribution >= 0.6 is 11.6 Å². The van der Waals surface area contributed by atoms with Crippen molar-refractivity contribution >= 4 is 23.5 Å². The van der Waals surface area contributed by atoms with E-state index in [1.54, 1.807) is 24.3 Å². The Labute approximate surface area is 125 Å². The van der Waals surface area contributed by atoms with Gasteiger partial charge in [0.25, 0.3) is 5.91 Å². The van der Waals surface area contributed by atoms with Gasteiger partial charge in [0, 0.05) is 17.0 Å². The summed E-state index contributed by atoms with van der Waals surface area (Å²) in [5, 5.41) is 4.42. The van der Waals surface area contributed by atoms with Crippen LogP contribution < -0.4 is 5.73 Å². The van der Waals surface area contributed by atoms with Crippen molar-refractivity contribution in [1.82, 2.24) is 10.1 Å². The molecule has 0 saturated heterocycles. The summed E-state index contributed by atoms with van der Waals surface area (Å²) in [6.07, 6.45) is 0.244. The number of aryl methyl sites for hydroxylation is 1. The second-order valence-electron chi connectivity index (χ2n) is 4.15. The van der Waals surface area contributed by atoms with Crippen molar-refractivity contribution in [3.8, 4) is 11.4 Å². The number of ether oxygens (including phenoxy) is 1. The Morgan fingerprint density at radius 1 is 1.29 bits per heavy atom. The minimum absolute atomic E-state index is 0.0233. The van der Waals surface area contributed by atoms with Crippen molar-refractivity contribution in [1.29, 1.82) is 0 Å². The Hall–Kier alpha value is -2.41. The molecular weight excluding hydrogens is 298 g/mol. The predicted molar refractivity (Wildman–Crippen MR) is 73.2 cm³/mol. The third kappa shape index (κ3) is 4.57. The van der Waals surface area contributed by atoms with E-state index in [9.17, 15) is 9.59 Å². The van der Waals surface area contributed by atoms with Gasteiger partial charge < -0.3 is 15.0 Å². The van der Waals surface area contributed by atoms with Gasteiger partial charge in [-0.25, -0.2) is 0 Å². The van der Waals surface area contributed by atoms with Gasteiger partial charge in [-0.1, -0.05) is 16.8 Å². The Balaban J connectivity index is 1.90. The van der Waals surface area contributed by atoms with Gasteiger partial charge in [-0.15, -0.1) is 0 Å². The normalized spacial score (nSPS) is 10.3. The number of benzene rings is 1. The van der Waals surface area contributed by atoms with E-state index >= 15 is 0 Å². The van der Waals surface area contributed by atoms with Gasteiger partial charge in [-0.05, 0) is 24.3 Å². The minimum Gasteiger partial charge on any atom is -0.456 e. The summed E-state index contributed by atoms with van der Waals surface area (Å²) >= 11 is 5.79. The number of hydrogen-bond donors (Lipinski definition) is 1. The van der Waals surface area contributed by atoms with Crippen molar-refractivity contribution in [2.45, 2.75) is 12.8 Å². The van der Waals surface area contributed by atoms with Crippen LogP contribution in [0.3, 0.4) is 0 Å². The van der Waals surface area contributed by atoms with Crippen LogP contribution in [0.1, 0.15) is 12.3 Å². The fraction of sp³-hybridized carbons (Fsp3) is 0.231. The number of amides is 1. The molecule has 0 unspecified atom stereocenters. The first-order valence-corrected chi connectivity index (χ1v) is 6.45. The first kappa shape index (κ1) is 15.0. The molecule has 2 N–H and O–H groups in total. The Kier molecular flexibility index (Phi) is 4.89. The number of primary amides is 1. The van der Waals surface area contributed by atoms with Gasteiger partial charge in [0.15, 0.2) is 6.61 Å². The molecule has 1 amide bonds. The largest absolute Gasteiger partial charge is 0.456 e. The number of rotatable bonds is 6. The topological polar surface area (TPSA) is 108 Å². The van der Waals surface area contributed by atoms with Crippen molar-refractivity contribution in [3.05, 3.63) is 35.2 Å². The highest BCUT2D eigenvalue weighted by atomic mass is 35.5. The molecular formula is C13H12ClN3O4. The molecule has 8 heteroatoms. The van der Waals surface area contributed by atoms with Gasteiger partial charge in [0.2, 0.25) is 11.7 Å². The number of esters is 1. The molecule has 2 aromatic rings. The second-order valence-corrected chi connectivity index (χ2v) is 4.58. The van der Waals surface area contributed by atoms with Crippen LogP contribution in [0.4, 0.5) is 0 Å². The number of hydrogen-bond acceptors (Lipinski definition) is 6. The van der Waals surface area contributed by atoms with Gasteiger partial charge >= 0.3 is 5.97 Å². The molecule has 1 heterocycles. The van der Waals surface area contributed by atoms with Crippen LogP contribution in [0.15, 0.2) is 28.8 Å². The maximum Gasteiger partial charge on any atom is 0.306 e. The summed E-state index contributed by atoms with van der Waals surface area (Å²) in [5.74, 6) is -0.547. The monoisotopic (exact) mass is 309 g/mol. The third-order valence-corrected chi connectivity index (χ3v) is 2.74. The van der Waals surface area contributed by atoms with Crippen molar-refractivity contribution in [3.63, 3.8) is 0 Å². The van der Waals surface area contributed by atoms with Gasteiger partial charge in [-0.2, -0.15) is 4.98 Å². The zero-order valence-corrected chi connectivity index (χ0v) is 11.7. The predicted octanol–water partition coefficient (Wildman–Crippen LogP) is 1.35. The summed E-state index contributed by atoms with van der Waals surface area (Å²) in [4.78, 5) is 25.9. The van der Waals surface area contributed by atoms with Crippen molar-refractivity contribution in [2.24, 2.45) is 5.73 Å². The van der Waals surface area contributed by atoms with E-state index in [0.717, 1.165) is 5.56 Å². The van der Waals surface area contributed by atoms with E-state index in [1.807, 2.05) is 0 Å². The SMILES string of the molecule is NC(=O)COC(=O)CCc1nc(-c2ccc(Cl)cc2)no1. The van der Waals surface area contributed by atoms with E-state index in [4.69, 9.17) is 21.9 Å². The molecule has 0 bridgehead atoms. The lowest BCUT2D eigenvalue weighted by atomic mass is 10.2. The van der Waals surface area contributed by atoms with Crippen LogP contribution in [0.5, 0.6) is 0 Å². The van der Waals surface area contributed by atoms with E-state index < -0.39 is 18.5 Å². The smallest absolute Gasteiger partial charge is 0.306 e. The third-order valence-electron chi connectivity index (χ3n) is 2.49. The minimum atomic E-state index is -0.703. The maximum absolute atomic E-state index is 11.3. The molecule has 21 heavy (non-hydrogen) atoms. The first-order chi connectivity index (χ1) is 10.0. The van der Waals surface area contributed by atoms with E-state index in [-0.39, 0.29) is 12.8 Å². The molecule has 0 aliphatic carbocycles. The number of nitrogens with zero attached hydrogens (tertiary/aromatic N) is 2. The Bertz CT molecular complexity index is 639. The molecule has 1 aromatic heterocycles. The fourth-order valence-corrected chi connectivity index (χ4v) is 1.63. The lowest BCUT2D eigenvalue weighted by Gasteiger charge is -1.99. The summed E-state index contributed by atoms with van der Waals surface area (Å²) in [7, 11) is 0. The molecule has 7 nitrogen and oxygen atoms in total. The zero-order valence-electron chi connectivity index (χ0n) is 10.9. The summed E-state index contributed by atoms with van der Waals surface area (Å²) in [6.45, 7) is -0.432. The summed E-state index contributed by atoms with van der Waals surface area (Å²) < 4.78 is 9.64. The number of halogens is 1. The molecule has 0 aliphatic rings. The molecule has 2 rings (SSSR count). The second kappa shape index (κ2) is 6.85. The molecule has 0 saturated carbocycles. The fourth-order valence-electron chi connectivity index (χ4n) is 1.51. The number of nitrogens with two attached hydrogens (primary N) is 1. The first-order valence-electron chi connectivity index (χ1n) is 6.07. The van der Waals surface area contributed by atoms with E-state index in [2.05, 4.69) is 14.9 Å².